The lowest BCUT2D eigenvalue weighted by molar-refractivity contribution is 0.129. The lowest BCUT2D eigenvalue weighted by Gasteiger charge is -2.31. The van der Waals surface area contributed by atoms with Crippen LogP contribution in [0, 0.1) is 0 Å². The van der Waals surface area contributed by atoms with Gasteiger partial charge in [0, 0.05) is 31.9 Å². The molecule has 0 aromatic carbocycles. The molecule has 1 atom stereocenters. The molecule has 2 aliphatic heterocycles. The van der Waals surface area contributed by atoms with Gasteiger partial charge in [-0.25, -0.2) is 0 Å². The van der Waals surface area contributed by atoms with Crippen molar-refractivity contribution in [2.24, 2.45) is 7.05 Å². The van der Waals surface area contributed by atoms with Gasteiger partial charge in [-0.3, -0.25) is 4.90 Å². The number of aromatic nitrogens is 3. The van der Waals surface area contributed by atoms with Gasteiger partial charge in [-0.05, 0) is 61.2 Å². The van der Waals surface area contributed by atoms with E-state index in [1.54, 1.807) is 23.1 Å². The Hall–Kier alpha value is -0.890. The van der Waals surface area contributed by atoms with Crippen molar-refractivity contribution < 1.29 is 4.74 Å². The SMILES string of the molecule is Cn1c(SC[C@H]2CCCO2)nnc1C1CCN(Cc2ccsc2)CC1. The fourth-order valence-electron chi connectivity index (χ4n) is 3.74. The third-order valence-corrected chi connectivity index (χ3v) is 7.11. The number of hydrogen-bond acceptors (Lipinski definition) is 6. The van der Waals surface area contributed by atoms with E-state index in [2.05, 4.69) is 43.5 Å². The van der Waals surface area contributed by atoms with E-state index in [4.69, 9.17) is 4.74 Å². The zero-order valence-electron chi connectivity index (χ0n) is 14.8. The van der Waals surface area contributed by atoms with Gasteiger partial charge in [-0.15, -0.1) is 10.2 Å². The number of thiophene rings is 1. The fraction of sp³-hybridized carbons (Fsp3) is 0.667. The van der Waals surface area contributed by atoms with Crippen LogP contribution in [-0.4, -0.2) is 51.2 Å². The summed E-state index contributed by atoms with van der Waals surface area (Å²) in [5.41, 5.74) is 1.44. The number of likely N-dealkylation sites (tertiary alicyclic amines) is 1. The van der Waals surface area contributed by atoms with Crippen LogP contribution in [0.25, 0.3) is 0 Å². The van der Waals surface area contributed by atoms with Gasteiger partial charge in [0.05, 0.1) is 6.10 Å². The molecule has 136 valence electrons. The summed E-state index contributed by atoms with van der Waals surface area (Å²) >= 11 is 3.57. The minimum Gasteiger partial charge on any atom is -0.377 e. The first kappa shape index (κ1) is 17.5. The molecule has 0 unspecified atom stereocenters. The summed E-state index contributed by atoms with van der Waals surface area (Å²) < 4.78 is 7.92. The van der Waals surface area contributed by atoms with E-state index in [1.807, 2.05) is 0 Å². The fourth-order valence-corrected chi connectivity index (χ4v) is 5.38. The number of piperidine rings is 1. The zero-order chi connectivity index (χ0) is 17.1. The summed E-state index contributed by atoms with van der Waals surface area (Å²) in [6.07, 6.45) is 5.11. The molecule has 7 heteroatoms. The topological polar surface area (TPSA) is 43.2 Å². The van der Waals surface area contributed by atoms with Crippen LogP contribution in [0.2, 0.25) is 0 Å². The maximum atomic E-state index is 5.71. The van der Waals surface area contributed by atoms with E-state index < -0.39 is 0 Å². The first-order chi connectivity index (χ1) is 12.3. The van der Waals surface area contributed by atoms with E-state index in [0.29, 0.717) is 12.0 Å². The van der Waals surface area contributed by atoms with Gasteiger partial charge < -0.3 is 9.30 Å². The smallest absolute Gasteiger partial charge is 0.191 e. The Bertz CT molecular complexity index is 659. The molecule has 0 bridgehead atoms. The molecule has 0 radical (unpaired) electrons. The van der Waals surface area contributed by atoms with Crippen molar-refractivity contribution in [3.05, 3.63) is 28.2 Å². The van der Waals surface area contributed by atoms with E-state index >= 15 is 0 Å². The van der Waals surface area contributed by atoms with Gasteiger partial charge in [0.15, 0.2) is 5.16 Å². The Balaban J connectivity index is 1.30. The Morgan fingerprint density at radius 3 is 2.88 bits per heavy atom. The second-order valence-electron chi connectivity index (χ2n) is 7.03. The van der Waals surface area contributed by atoms with Crippen LogP contribution in [0.5, 0.6) is 0 Å². The molecule has 0 saturated carbocycles. The van der Waals surface area contributed by atoms with Gasteiger partial charge >= 0.3 is 0 Å². The van der Waals surface area contributed by atoms with E-state index in [-0.39, 0.29) is 0 Å². The maximum absolute atomic E-state index is 5.71. The van der Waals surface area contributed by atoms with Crippen LogP contribution in [0.4, 0.5) is 0 Å². The summed E-state index contributed by atoms with van der Waals surface area (Å²) in [7, 11) is 2.12. The number of hydrogen-bond donors (Lipinski definition) is 0. The Morgan fingerprint density at radius 2 is 2.16 bits per heavy atom. The maximum Gasteiger partial charge on any atom is 0.191 e. The predicted octanol–water partition coefficient (Wildman–Crippen LogP) is 3.53. The monoisotopic (exact) mass is 378 g/mol. The van der Waals surface area contributed by atoms with Crippen LogP contribution < -0.4 is 0 Å². The third-order valence-electron chi connectivity index (χ3n) is 5.23. The van der Waals surface area contributed by atoms with Gasteiger partial charge in [0.2, 0.25) is 0 Å². The average Bonchev–Trinajstić information content (AvgIpc) is 3.37. The number of nitrogens with zero attached hydrogens (tertiary/aromatic N) is 4. The van der Waals surface area contributed by atoms with Crippen molar-refractivity contribution >= 4 is 23.1 Å². The molecule has 0 amide bonds. The first-order valence-electron chi connectivity index (χ1n) is 9.16. The molecule has 2 aromatic rings. The number of rotatable bonds is 6. The second kappa shape index (κ2) is 8.20. The first-order valence-corrected chi connectivity index (χ1v) is 11.1. The Kier molecular flexibility index (Phi) is 5.75. The highest BCUT2D eigenvalue weighted by atomic mass is 32.2. The van der Waals surface area contributed by atoms with Crippen molar-refractivity contribution in [1.29, 1.82) is 0 Å². The van der Waals surface area contributed by atoms with Crippen molar-refractivity contribution in [1.82, 2.24) is 19.7 Å². The molecule has 2 aromatic heterocycles. The summed E-state index contributed by atoms with van der Waals surface area (Å²) in [5.74, 6) is 2.68. The molecule has 25 heavy (non-hydrogen) atoms. The normalized spacial score (nSPS) is 22.7. The minimum atomic E-state index is 0.394. The molecule has 0 aliphatic carbocycles. The predicted molar refractivity (Wildman–Crippen MR) is 102 cm³/mol. The lowest BCUT2D eigenvalue weighted by atomic mass is 9.96. The second-order valence-corrected chi connectivity index (χ2v) is 8.80. The molecular weight excluding hydrogens is 352 g/mol. The van der Waals surface area contributed by atoms with Crippen LogP contribution >= 0.6 is 23.1 Å². The standard InChI is InChI=1S/C18H26N4OS2/c1-21-17(19-20-18(21)25-13-16-3-2-9-23-16)15-4-7-22(8-5-15)11-14-6-10-24-12-14/h6,10,12,15-16H,2-5,7-9,11,13H2,1H3/t16-/m1/s1. The van der Waals surface area contributed by atoms with Crippen molar-refractivity contribution in [3.8, 4) is 0 Å². The molecule has 5 nitrogen and oxygen atoms in total. The quantitative estimate of drug-likeness (QED) is 0.720. The summed E-state index contributed by atoms with van der Waals surface area (Å²) in [5, 5.41) is 14.4. The highest BCUT2D eigenvalue weighted by Gasteiger charge is 2.26. The highest BCUT2D eigenvalue weighted by Crippen LogP contribution is 2.30. The van der Waals surface area contributed by atoms with Crippen LogP contribution in [0.1, 0.15) is 43.0 Å². The minimum absolute atomic E-state index is 0.394. The van der Waals surface area contributed by atoms with Crippen LogP contribution in [0.15, 0.2) is 22.0 Å². The zero-order valence-corrected chi connectivity index (χ0v) is 16.4. The number of thioether (sulfide) groups is 1. The highest BCUT2D eigenvalue weighted by molar-refractivity contribution is 7.99. The number of ether oxygens (including phenoxy) is 1. The summed E-state index contributed by atoms with van der Waals surface area (Å²) in [6.45, 7) is 4.29. The van der Waals surface area contributed by atoms with E-state index in [1.165, 1.54) is 31.2 Å². The van der Waals surface area contributed by atoms with Crippen molar-refractivity contribution in [2.45, 2.75) is 49.4 Å². The van der Waals surface area contributed by atoms with E-state index in [9.17, 15) is 0 Å². The summed E-state index contributed by atoms with van der Waals surface area (Å²) in [4.78, 5) is 2.56. The van der Waals surface area contributed by atoms with Gasteiger partial charge in [-0.1, -0.05) is 11.8 Å². The van der Waals surface area contributed by atoms with Crippen molar-refractivity contribution in [2.75, 3.05) is 25.4 Å². The van der Waals surface area contributed by atoms with Crippen LogP contribution in [-0.2, 0) is 18.3 Å². The van der Waals surface area contributed by atoms with Crippen molar-refractivity contribution in [3.63, 3.8) is 0 Å². The molecule has 4 heterocycles. The average molecular weight is 379 g/mol. The lowest BCUT2D eigenvalue weighted by Crippen LogP contribution is -2.33. The summed E-state index contributed by atoms with van der Waals surface area (Å²) in [6, 6.07) is 2.23. The Labute approximate surface area is 157 Å². The van der Waals surface area contributed by atoms with E-state index in [0.717, 1.165) is 43.0 Å². The molecule has 2 saturated heterocycles. The Morgan fingerprint density at radius 1 is 1.28 bits per heavy atom. The molecule has 2 fully saturated rings. The van der Waals surface area contributed by atoms with Gasteiger partial charge in [0.25, 0.3) is 0 Å². The van der Waals surface area contributed by atoms with Crippen LogP contribution in [0.3, 0.4) is 0 Å². The molecule has 0 spiro atoms. The van der Waals surface area contributed by atoms with Gasteiger partial charge in [-0.2, -0.15) is 11.3 Å². The van der Waals surface area contributed by atoms with Gasteiger partial charge in [0.1, 0.15) is 5.82 Å². The molecule has 0 N–H and O–H groups in total. The molecular formula is C18H26N4OS2. The molecule has 2 aliphatic rings. The largest absolute Gasteiger partial charge is 0.377 e. The third kappa shape index (κ3) is 4.27. The molecule has 4 rings (SSSR count).